The molecule has 160 valence electrons. The monoisotopic (exact) mass is 409 g/mol. The number of ether oxygens (including phenoxy) is 2. The second kappa shape index (κ2) is 5.54. The summed E-state index contributed by atoms with van der Waals surface area (Å²) in [6, 6.07) is 4.17. The molecule has 4 bridgehead atoms. The van der Waals surface area contributed by atoms with Crippen LogP contribution in [0.3, 0.4) is 0 Å². The maximum atomic E-state index is 11.3. The molecule has 2 N–H and O–H groups in total. The second-order valence-corrected chi connectivity index (χ2v) is 10.8. The number of aromatic hydroxyl groups is 1. The summed E-state index contributed by atoms with van der Waals surface area (Å²) >= 11 is 0. The van der Waals surface area contributed by atoms with Gasteiger partial charge in [0, 0.05) is 42.0 Å². The smallest absolute Gasteiger partial charge is 0.165 e. The quantitative estimate of drug-likeness (QED) is 0.752. The number of terminal acetylenes is 1. The number of piperidine rings is 1. The number of phenols is 1. The van der Waals surface area contributed by atoms with E-state index in [1.54, 1.807) is 13.2 Å². The molecule has 1 saturated heterocycles. The van der Waals surface area contributed by atoms with E-state index in [0.29, 0.717) is 18.3 Å². The van der Waals surface area contributed by atoms with E-state index < -0.39 is 11.2 Å². The van der Waals surface area contributed by atoms with Crippen molar-refractivity contribution in [3.63, 3.8) is 0 Å². The van der Waals surface area contributed by atoms with Crippen LogP contribution in [0, 0.1) is 23.7 Å². The number of phenolic OH excluding ortho intramolecular Hbond substituents is 1. The third-order valence-electron chi connectivity index (χ3n) is 9.62. The first kappa shape index (κ1) is 19.0. The summed E-state index contributed by atoms with van der Waals surface area (Å²) in [7, 11) is 1.77. The van der Waals surface area contributed by atoms with Gasteiger partial charge in [-0.15, -0.1) is 6.42 Å². The van der Waals surface area contributed by atoms with Gasteiger partial charge in [0.2, 0.25) is 0 Å². The molecule has 6 atom stereocenters. The van der Waals surface area contributed by atoms with Crippen LogP contribution in [-0.4, -0.2) is 58.7 Å². The highest BCUT2D eigenvalue weighted by Crippen LogP contribution is 2.77. The molecule has 7 rings (SSSR count). The van der Waals surface area contributed by atoms with Crippen molar-refractivity contribution in [2.45, 2.75) is 74.7 Å². The molecule has 30 heavy (non-hydrogen) atoms. The summed E-state index contributed by atoms with van der Waals surface area (Å²) < 4.78 is 13.1. The molecule has 0 aromatic heterocycles. The number of hydrogen-bond donors (Lipinski definition) is 2. The lowest BCUT2D eigenvalue weighted by Crippen LogP contribution is -2.82. The lowest BCUT2D eigenvalue weighted by atomic mass is 9.34. The number of benzene rings is 1. The van der Waals surface area contributed by atoms with Crippen LogP contribution in [0.25, 0.3) is 0 Å². The number of nitrogens with zero attached hydrogens (tertiary/aromatic N) is 1. The van der Waals surface area contributed by atoms with E-state index in [1.807, 2.05) is 13.8 Å². The molecule has 4 aliphatic carbocycles. The Labute approximate surface area is 178 Å². The Morgan fingerprint density at radius 2 is 2.13 bits per heavy atom. The molecular formula is C25H31NO4. The molecular weight excluding hydrogens is 378 g/mol. The zero-order chi connectivity index (χ0) is 21.1. The maximum absolute atomic E-state index is 11.3. The summed E-state index contributed by atoms with van der Waals surface area (Å²) in [6.45, 7) is 5.39. The number of methoxy groups -OCH3 is 1. The van der Waals surface area contributed by atoms with Crippen molar-refractivity contribution in [3.8, 4) is 23.8 Å². The number of hydrogen-bond acceptors (Lipinski definition) is 5. The Morgan fingerprint density at radius 3 is 2.83 bits per heavy atom. The fourth-order valence-electron chi connectivity index (χ4n) is 8.69. The highest BCUT2D eigenvalue weighted by molar-refractivity contribution is 5.63. The topological polar surface area (TPSA) is 62.2 Å². The summed E-state index contributed by atoms with van der Waals surface area (Å²) in [5.74, 6) is 3.72. The molecule has 5 nitrogen and oxygen atoms in total. The average molecular weight is 410 g/mol. The minimum atomic E-state index is -0.892. The van der Waals surface area contributed by atoms with Crippen LogP contribution >= 0.6 is 0 Å². The Balaban J connectivity index is 1.66. The fourth-order valence-corrected chi connectivity index (χ4v) is 8.69. The molecule has 2 aliphatic heterocycles. The normalized spacial score (nSPS) is 43.1. The first-order chi connectivity index (χ1) is 14.2. The Morgan fingerprint density at radius 1 is 1.33 bits per heavy atom. The lowest BCUT2D eigenvalue weighted by Gasteiger charge is -2.74. The van der Waals surface area contributed by atoms with E-state index in [4.69, 9.17) is 15.9 Å². The summed E-state index contributed by atoms with van der Waals surface area (Å²) in [5.41, 5.74) is 0.806. The summed E-state index contributed by atoms with van der Waals surface area (Å²) in [4.78, 5) is 2.49. The molecule has 0 radical (unpaired) electrons. The van der Waals surface area contributed by atoms with E-state index in [0.717, 1.165) is 38.6 Å². The van der Waals surface area contributed by atoms with Gasteiger partial charge in [-0.25, -0.2) is 0 Å². The van der Waals surface area contributed by atoms with Crippen molar-refractivity contribution >= 4 is 0 Å². The van der Waals surface area contributed by atoms with Crippen molar-refractivity contribution in [3.05, 3.63) is 23.3 Å². The third kappa shape index (κ3) is 1.81. The van der Waals surface area contributed by atoms with Crippen molar-refractivity contribution in [1.29, 1.82) is 0 Å². The minimum absolute atomic E-state index is 0.0379. The van der Waals surface area contributed by atoms with Gasteiger partial charge < -0.3 is 19.7 Å². The van der Waals surface area contributed by atoms with Gasteiger partial charge >= 0.3 is 0 Å². The van der Waals surface area contributed by atoms with E-state index in [-0.39, 0.29) is 28.6 Å². The first-order valence-electron chi connectivity index (χ1n) is 11.2. The van der Waals surface area contributed by atoms with Crippen LogP contribution in [0.15, 0.2) is 12.1 Å². The van der Waals surface area contributed by atoms with Gasteiger partial charge in [0.15, 0.2) is 11.5 Å². The van der Waals surface area contributed by atoms with Crippen molar-refractivity contribution in [2.24, 2.45) is 11.3 Å². The average Bonchev–Trinajstić information content (AvgIpc) is 3.08. The van der Waals surface area contributed by atoms with E-state index in [1.165, 1.54) is 11.1 Å². The van der Waals surface area contributed by atoms with Crippen molar-refractivity contribution < 1.29 is 19.7 Å². The molecule has 6 aliphatic rings. The van der Waals surface area contributed by atoms with E-state index in [9.17, 15) is 10.2 Å². The Bertz CT molecular complexity index is 977. The summed E-state index contributed by atoms with van der Waals surface area (Å²) in [5, 5.41) is 22.0. The molecule has 1 aromatic carbocycles. The highest BCUT2D eigenvalue weighted by Gasteiger charge is 2.81. The maximum Gasteiger partial charge on any atom is 0.165 e. The van der Waals surface area contributed by atoms with E-state index in [2.05, 4.69) is 16.9 Å². The molecule has 4 fully saturated rings. The molecule has 5 heteroatoms. The van der Waals surface area contributed by atoms with Crippen LogP contribution in [-0.2, 0) is 16.6 Å². The Hall–Kier alpha value is -1.74. The van der Waals surface area contributed by atoms with Crippen LogP contribution in [0.5, 0.6) is 11.5 Å². The van der Waals surface area contributed by atoms with Gasteiger partial charge in [0.1, 0.15) is 11.7 Å². The molecule has 2 heterocycles. The highest BCUT2D eigenvalue weighted by atomic mass is 16.6. The van der Waals surface area contributed by atoms with Crippen LogP contribution in [0.1, 0.15) is 50.7 Å². The zero-order valence-electron chi connectivity index (χ0n) is 18.1. The fraction of sp³-hybridized carbons (Fsp3) is 0.680. The summed E-state index contributed by atoms with van der Waals surface area (Å²) in [6.07, 6.45) is 10.2. The predicted octanol–water partition coefficient (Wildman–Crippen LogP) is 2.61. The van der Waals surface area contributed by atoms with Crippen molar-refractivity contribution in [1.82, 2.24) is 4.90 Å². The predicted molar refractivity (Wildman–Crippen MR) is 113 cm³/mol. The first-order valence-corrected chi connectivity index (χ1v) is 11.2. The minimum Gasteiger partial charge on any atom is -0.504 e. The van der Waals surface area contributed by atoms with Gasteiger partial charge in [0.05, 0.1) is 12.1 Å². The largest absolute Gasteiger partial charge is 0.504 e. The van der Waals surface area contributed by atoms with Crippen LogP contribution < -0.4 is 4.74 Å². The van der Waals surface area contributed by atoms with Crippen molar-refractivity contribution in [2.75, 3.05) is 20.2 Å². The molecule has 0 unspecified atom stereocenters. The number of fused-ring (bicyclic) bond motifs is 2. The van der Waals surface area contributed by atoms with Gasteiger partial charge in [0.25, 0.3) is 0 Å². The van der Waals surface area contributed by atoms with Gasteiger partial charge in [-0.1, -0.05) is 12.0 Å². The standard InChI is InChI=1S/C25H31NO4/c1-5-11-26-12-10-24-19-15-6-7-16(27)20(19)30-21(24)25(29-4)9-8-23(24,18(26)13-15)14-17(25)22(2,3)28/h1,6-7,17-18,21,27-28H,8-14H2,2-4H3/t17-,18-,21-,23-,24+,25-/m1/s1. The second-order valence-electron chi connectivity index (χ2n) is 10.8. The SMILES string of the molecule is C#CCN1CC[C@]23c4c5ccc(O)c4O[C@H]2[C@@]2(OC)CC[C@@]3(C[C@@H]2C(C)(C)O)[C@H]1C5. The molecule has 2 spiro atoms. The van der Waals surface area contributed by atoms with E-state index >= 15 is 0 Å². The molecule has 1 aromatic rings. The number of rotatable bonds is 3. The number of aliphatic hydroxyl groups is 1. The van der Waals surface area contributed by atoms with Gasteiger partial charge in [-0.2, -0.15) is 0 Å². The van der Waals surface area contributed by atoms with Crippen LogP contribution in [0.4, 0.5) is 0 Å². The zero-order valence-corrected chi connectivity index (χ0v) is 18.1. The lowest BCUT2D eigenvalue weighted by molar-refractivity contribution is -0.299. The number of likely N-dealkylation sites (tertiary alicyclic amines) is 1. The van der Waals surface area contributed by atoms with Gasteiger partial charge in [-0.3, -0.25) is 4.90 Å². The van der Waals surface area contributed by atoms with Crippen LogP contribution in [0.2, 0.25) is 0 Å². The molecule has 3 saturated carbocycles. The Kier molecular flexibility index (Phi) is 3.50. The third-order valence-corrected chi connectivity index (χ3v) is 9.62. The van der Waals surface area contributed by atoms with Gasteiger partial charge in [-0.05, 0) is 57.6 Å². The molecule has 0 amide bonds.